The Hall–Kier alpha value is -1.32. The van der Waals surface area contributed by atoms with E-state index < -0.39 is 0 Å². The van der Waals surface area contributed by atoms with E-state index in [1.807, 2.05) is 6.92 Å². The van der Waals surface area contributed by atoms with E-state index in [4.69, 9.17) is 4.52 Å². The van der Waals surface area contributed by atoms with E-state index in [0.29, 0.717) is 22.4 Å². The summed E-state index contributed by atoms with van der Waals surface area (Å²) in [6.07, 6.45) is 8.29. The second kappa shape index (κ2) is 4.59. The number of hydrogen-bond donors (Lipinski definition) is 1. The molecular weight excluding hydrogens is 264 g/mol. The minimum Gasteiger partial charge on any atom is -0.361 e. The van der Waals surface area contributed by atoms with Crippen molar-refractivity contribution in [2.45, 2.75) is 52.4 Å². The van der Waals surface area contributed by atoms with Crippen LogP contribution in [0.25, 0.3) is 0 Å². The molecule has 4 bridgehead atoms. The lowest BCUT2D eigenvalue weighted by atomic mass is 9.49. The highest BCUT2D eigenvalue weighted by Gasteiger charge is 2.50. The van der Waals surface area contributed by atoms with E-state index in [1.165, 1.54) is 38.5 Å². The van der Waals surface area contributed by atoms with Crippen LogP contribution in [0.1, 0.15) is 60.3 Å². The summed E-state index contributed by atoms with van der Waals surface area (Å²) in [6.45, 7) is 4.47. The Balaban J connectivity index is 1.46. The summed E-state index contributed by atoms with van der Waals surface area (Å²) in [5.74, 6) is 3.38. The maximum absolute atomic E-state index is 12.4. The highest BCUT2D eigenvalue weighted by Crippen LogP contribution is 2.59. The smallest absolute Gasteiger partial charge is 0.256 e. The molecule has 0 aromatic carbocycles. The molecule has 4 saturated carbocycles. The lowest BCUT2D eigenvalue weighted by Crippen LogP contribution is -2.51. The molecule has 4 aliphatic carbocycles. The summed E-state index contributed by atoms with van der Waals surface area (Å²) in [6, 6.07) is 0. The quantitative estimate of drug-likeness (QED) is 0.929. The molecule has 1 aromatic heterocycles. The number of hydrogen-bond acceptors (Lipinski definition) is 3. The van der Waals surface area contributed by atoms with Gasteiger partial charge in [0.05, 0.1) is 5.69 Å². The van der Waals surface area contributed by atoms with Crippen molar-refractivity contribution >= 4 is 5.91 Å². The molecule has 0 spiro atoms. The second-order valence-electron chi connectivity index (χ2n) is 7.80. The SMILES string of the molecule is Cc1noc(C)c1C(=O)NCC12CC3CC(CC(C3)C1)C2. The van der Waals surface area contributed by atoms with Gasteiger partial charge in [0.2, 0.25) is 0 Å². The van der Waals surface area contributed by atoms with E-state index in [0.717, 1.165) is 24.3 Å². The summed E-state index contributed by atoms with van der Waals surface area (Å²) in [5, 5.41) is 7.06. The Labute approximate surface area is 125 Å². The first-order valence-electron chi connectivity index (χ1n) is 8.26. The zero-order valence-electron chi connectivity index (χ0n) is 12.9. The molecule has 0 saturated heterocycles. The number of carbonyl (C=O) groups excluding carboxylic acids is 1. The van der Waals surface area contributed by atoms with Gasteiger partial charge in [0.1, 0.15) is 11.3 Å². The van der Waals surface area contributed by atoms with E-state index in [2.05, 4.69) is 10.5 Å². The van der Waals surface area contributed by atoms with Crippen molar-refractivity contribution in [3.63, 3.8) is 0 Å². The summed E-state index contributed by atoms with van der Waals surface area (Å²) in [4.78, 5) is 12.4. The molecule has 0 aliphatic heterocycles. The molecule has 114 valence electrons. The fraction of sp³-hybridized carbons (Fsp3) is 0.765. The third-order valence-corrected chi connectivity index (χ3v) is 6.05. The summed E-state index contributed by atoms with van der Waals surface area (Å²) in [5.41, 5.74) is 1.69. The van der Waals surface area contributed by atoms with Crippen molar-refractivity contribution in [2.24, 2.45) is 23.2 Å². The van der Waals surface area contributed by atoms with Crippen LogP contribution in [0.3, 0.4) is 0 Å². The van der Waals surface area contributed by atoms with Crippen LogP contribution in [0.4, 0.5) is 0 Å². The van der Waals surface area contributed by atoms with Gasteiger partial charge in [-0.3, -0.25) is 4.79 Å². The van der Waals surface area contributed by atoms with Crippen molar-refractivity contribution in [3.8, 4) is 0 Å². The summed E-state index contributed by atoms with van der Waals surface area (Å²) < 4.78 is 5.10. The van der Waals surface area contributed by atoms with Crippen LogP contribution in [0.2, 0.25) is 0 Å². The van der Waals surface area contributed by atoms with E-state index >= 15 is 0 Å². The van der Waals surface area contributed by atoms with Crippen molar-refractivity contribution in [3.05, 3.63) is 17.0 Å². The number of amides is 1. The Bertz CT molecular complexity index is 521. The highest BCUT2D eigenvalue weighted by atomic mass is 16.5. The first kappa shape index (κ1) is 13.4. The van der Waals surface area contributed by atoms with Crippen molar-refractivity contribution in [2.75, 3.05) is 6.54 Å². The standard InChI is InChI=1S/C17H24N2O2/c1-10-15(11(2)21-19-10)16(20)18-9-17-6-12-3-13(7-17)5-14(4-12)8-17/h12-14H,3-9H2,1-2H3,(H,18,20). The second-order valence-corrected chi connectivity index (χ2v) is 7.80. The van der Waals surface area contributed by atoms with Gasteiger partial charge in [0.15, 0.2) is 0 Å². The van der Waals surface area contributed by atoms with Gasteiger partial charge >= 0.3 is 0 Å². The Morgan fingerprint density at radius 3 is 2.24 bits per heavy atom. The average Bonchev–Trinajstić information content (AvgIpc) is 2.74. The van der Waals surface area contributed by atoms with Crippen molar-refractivity contribution in [1.29, 1.82) is 0 Å². The molecule has 0 radical (unpaired) electrons. The van der Waals surface area contributed by atoms with Gasteiger partial charge in [-0.25, -0.2) is 0 Å². The van der Waals surface area contributed by atoms with Gasteiger partial charge in [0.25, 0.3) is 5.91 Å². The van der Waals surface area contributed by atoms with E-state index in [9.17, 15) is 4.79 Å². The molecule has 4 heteroatoms. The molecule has 0 unspecified atom stereocenters. The molecule has 1 heterocycles. The predicted octanol–water partition coefficient (Wildman–Crippen LogP) is 3.24. The number of carbonyl (C=O) groups is 1. The maximum atomic E-state index is 12.4. The molecule has 1 N–H and O–H groups in total. The third kappa shape index (κ3) is 2.19. The Morgan fingerprint density at radius 1 is 1.19 bits per heavy atom. The molecule has 4 nitrogen and oxygen atoms in total. The molecule has 4 fully saturated rings. The summed E-state index contributed by atoms with van der Waals surface area (Å²) >= 11 is 0. The van der Waals surface area contributed by atoms with Crippen LogP contribution in [-0.2, 0) is 0 Å². The van der Waals surface area contributed by atoms with Crippen LogP contribution in [0, 0.1) is 37.0 Å². The Kier molecular flexibility index (Phi) is 2.92. The number of aryl methyl sites for hydroxylation is 2. The van der Waals surface area contributed by atoms with Crippen LogP contribution in [0.15, 0.2) is 4.52 Å². The van der Waals surface area contributed by atoms with Gasteiger partial charge in [-0.1, -0.05) is 5.16 Å². The largest absolute Gasteiger partial charge is 0.361 e. The lowest BCUT2D eigenvalue weighted by molar-refractivity contribution is -0.0503. The highest BCUT2D eigenvalue weighted by molar-refractivity contribution is 5.96. The molecule has 1 amide bonds. The number of rotatable bonds is 3. The predicted molar refractivity (Wildman–Crippen MR) is 78.9 cm³/mol. The first-order valence-corrected chi connectivity index (χ1v) is 8.26. The van der Waals surface area contributed by atoms with Crippen molar-refractivity contribution in [1.82, 2.24) is 10.5 Å². The monoisotopic (exact) mass is 288 g/mol. The summed E-state index contributed by atoms with van der Waals surface area (Å²) in [7, 11) is 0. The topological polar surface area (TPSA) is 55.1 Å². The molecule has 5 rings (SSSR count). The molecular formula is C17H24N2O2. The molecule has 21 heavy (non-hydrogen) atoms. The first-order chi connectivity index (χ1) is 10.0. The molecule has 0 atom stereocenters. The van der Waals surface area contributed by atoms with Crippen LogP contribution in [-0.4, -0.2) is 17.6 Å². The number of aromatic nitrogens is 1. The zero-order chi connectivity index (χ0) is 14.6. The third-order valence-electron chi connectivity index (χ3n) is 6.05. The van der Waals surface area contributed by atoms with Crippen LogP contribution >= 0.6 is 0 Å². The number of nitrogens with one attached hydrogen (secondary N) is 1. The fourth-order valence-corrected chi connectivity index (χ4v) is 5.67. The number of nitrogens with zero attached hydrogens (tertiary/aromatic N) is 1. The minimum absolute atomic E-state index is 0.0120. The van der Waals surface area contributed by atoms with Gasteiger partial charge in [0, 0.05) is 6.54 Å². The minimum atomic E-state index is -0.0120. The van der Waals surface area contributed by atoms with Gasteiger partial charge in [-0.2, -0.15) is 0 Å². The van der Waals surface area contributed by atoms with Gasteiger partial charge in [-0.05, 0) is 75.5 Å². The maximum Gasteiger partial charge on any atom is 0.256 e. The van der Waals surface area contributed by atoms with E-state index in [-0.39, 0.29) is 5.91 Å². The lowest BCUT2D eigenvalue weighted by Gasteiger charge is -2.56. The fourth-order valence-electron chi connectivity index (χ4n) is 5.67. The van der Waals surface area contributed by atoms with E-state index in [1.54, 1.807) is 6.92 Å². The van der Waals surface area contributed by atoms with Crippen LogP contribution in [0.5, 0.6) is 0 Å². The van der Waals surface area contributed by atoms with Gasteiger partial charge < -0.3 is 9.84 Å². The average molecular weight is 288 g/mol. The van der Waals surface area contributed by atoms with Gasteiger partial charge in [-0.15, -0.1) is 0 Å². The van der Waals surface area contributed by atoms with Crippen LogP contribution < -0.4 is 5.32 Å². The molecule has 1 aromatic rings. The normalized spacial score (nSPS) is 37.0. The molecule has 4 aliphatic rings. The zero-order valence-corrected chi connectivity index (χ0v) is 12.9. The Morgan fingerprint density at radius 2 is 1.76 bits per heavy atom. The van der Waals surface area contributed by atoms with Crippen molar-refractivity contribution < 1.29 is 9.32 Å².